The zero-order chi connectivity index (χ0) is 15.1. The van der Waals surface area contributed by atoms with Crippen LogP contribution >= 0.6 is 0 Å². The molecule has 2 unspecified atom stereocenters. The van der Waals surface area contributed by atoms with Gasteiger partial charge in [0.05, 0.1) is 0 Å². The van der Waals surface area contributed by atoms with Crippen LogP contribution in [-0.2, 0) is 19.4 Å². The first-order valence-electron chi connectivity index (χ1n) is 6.47. The number of carboxylic acids is 2. The number of carbonyl (C=O) groups is 2. The molecule has 0 aromatic carbocycles. The summed E-state index contributed by atoms with van der Waals surface area (Å²) in [7, 11) is -4.21. The fourth-order valence-electron chi connectivity index (χ4n) is 1.83. The van der Waals surface area contributed by atoms with Gasteiger partial charge in [0.2, 0.25) is 0 Å². The average Bonchev–Trinajstić information content (AvgIpc) is 2.28. The van der Waals surface area contributed by atoms with Crippen molar-refractivity contribution in [3.63, 3.8) is 0 Å². The molecule has 0 heterocycles. The molecular weight excluding hydrogens is 272 g/mol. The van der Waals surface area contributed by atoms with Crippen molar-refractivity contribution < 1.29 is 28.2 Å². The third-order valence-corrected chi connectivity index (χ3v) is 5.44. The molecule has 0 rings (SSSR count). The fraction of sp³-hybridized carbons (Fsp3) is 0.833. The molecule has 0 aliphatic heterocycles. The van der Waals surface area contributed by atoms with Gasteiger partial charge >= 0.3 is 11.9 Å². The molecule has 6 nitrogen and oxygen atoms in total. The van der Waals surface area contributed by atoms with Crippen LogP contribution in [0.4, 0.5) is 0 Å². The Kier molecular flexibility index (Phi) is 7.66. The lowest BCUT2D eigenvalue weighted by molar-refractivity contribution is -0.136. The van der Waals surface area contributed by atoms with Crippen LogP contribution in [0, 0.1) is 0 Å². The molecule has 0 radical (unpaired) electrons. The summed E-state index contributed by atoms with van der Waals surface area (Å²) in [5, 5.41) is 14.8. The molecule has 0 saturated heterocycles. The molecule has 0 fully saturated rings. The average molecular weight is 294 g/mol. The standard InChI is InChI=1S/C12H22O6S/c1-3-5-7-9(11(13)14)19(17,18)10(12(15)16)8-6-4-2/h9-10H,3-8H2,1-2H3,(H,13,14)(H,15,16). The van der Waals surface area contributed by atoms with E-state index in [1.54, 1.807) is 0 Å². The van der Waals surface area contributed by atoms with E-state index in [1.165, 1.54) is 0 Å². The largest absolute Gasteiger partial charge is 0.480 e. The Morgan fingerprint density at radius 1 is 0.895 bits per heavy atom. The predicted molar refractivity (Wildman–Crippen MR) is 70.8 cm³/mol. The van der Waals surface area contributed by atoms with Crippen LogP contribution in [0.2, 0.25) is 0 Å². The third kappa shape index (κ3) is 5.18. The number of rotatable bonds is 10. The molecule has 0 aromatic rings. The second-order valence-electron chi connectivity index (χ2n) is 4.53. The predicted octanol–water partition coefficient (Wildman–Crippen LogP) is 1.69. The molecule has 0 aromatic heterocycles. The summed E-state index contributed by atoms with van der Waals surface area (Å²) in [6, 6.07) is 0. The van der Waals surface area contributed by atoms with Crippen molar-refractivity contribution in [1.29, 1.82) is 0 Å². The molecular formula is C12H22O6S. The second-order valence-corrected chi connectivity index (χ2v) is 6.84. The van der Waals surface area contributed by atoms with E-state index < -0.39 is 32.3 Å². The number of hydrogen-bond donors (Lipinski definition) is 2. The summed E-state index contributed by atoms with van der Waals surface area (Å²) in [5.41, 5.74) is 0. The van der Waals surface area contributed by atoms with Gasteiger partial charge < -0.3 is 10.2 Å². The summed E-state index contributed by atoms with van der Waals surface area (Å²) >= 11 is 0. The van der Waals surface area contributed by atoms with Gasteiger partial charge in [0.15, 0.2) is 20.3 Å². The van der Waals surface area contributed by atoms with Crippen LogP contribution in [0.3, 0.4) is 0 Å². The first kappa shape index (κ1) is 17.9. The van der Waals surface area contributed by atoms with Crippen LogP contribution in [0.5, 0.6) is 0 Å². The number of unbranched alkanes of at least 4 members (excludes halogenated alkanes) is 2. The summed E-state index contributed by atoms with van der Waals surface area (Å²) in [6.45, 7) is 3.63. The van der Waals surface area contributed by atoms with Gasteiger partial charge in [0, 0.05) is 0 Å². The maximum absolute atomic E-state index is 12.2. The molecule has 112 valence electrons. The van der Waals surface area contributed by atoms with E-state index in [2.05, 4.69) is 0 Å². The van der Waals surface area contributed by atoms with Crippen molar-refractivity contribution in [2.45, 2.75) is 62.9 Å². The number of carboxylic acid groups (broad SMARTS) is 2. The molecule has 0 spiro atoms. The van der Waals surface area contributed by atoms with Gasteiger partial charge in [-0.15, -0.1) is 0 Å². The van der Waals surface area contributed by atoms with E-state index in [9.17, 15) is 18.0 Å². The van der Waals surface area contributed by atoms with Crippen molar-refractivity contribution in [1.82, 2.24) is 0 Å². The molecule has 0 saturated carbocycles. The van der Waals surface area contributed by atoms with Gasteiger partial charge in [-0.25, -0.2) is 8.42 Å². The Balaban J connectivity index is 5.22. The first-order valence-corrected chi connectivity index (χ1v) is 8.08. The quantitative estimate of drug-likeness (QED) is 0.634. The van der Waals surface area contributed by atoms with E-state index in [0.717, 1.165) is 0 Å². The number of aliphatic carboxylic acids is 2. The molecule has 0 aliphatic rings. The van der Waals surface area contributed by atoms with E-state index in [1.807, 2.05) is 13.8 Å². The smallest absolute Gasteiger partial charge is 0.321 e. The minimum absolute atomic E-state index is 0.0376. The van der Waals surface area contributed by atoms with Gasteiger partial charge in [0.25, 0.3) is 0 Å². The van der Waals surface area contributed by atoms with E-state index in [0.29, 0.717) is 25.7 Å². The Labute approximate surface area is 113 Å². The third-order valence-electron chi connectivity index (χ3n) is 2.98. The second kappa shape index (κ2) is 8.14. The maximum Gasteiger partial charge on any atom is 0.321 e. The minimum atomic E-state index is -4.21. The first-order chi connectivity index (χ1) is 8.78. The summed E-state index contributed by atoms with van der Waals surface area (Å²) in [4.78, 5) is 22.2. The highest BCUT2D eigenvalue weighted by Gasteiger charge is 2.41. The van der Waals surface area contributed by atoms with Crippen LogP contribution in [0.1, 0.15) is 52.4 Å². The summed E-state index contributed by atoms with van der Waals surface area (Å²) < 4.78 is 24.3. The molecule has 2 atom stereocenters. The van der Waals surface area contributed by atoms with Crippen molar-refractivity contribution in [3.8, 4) is 0 Å². The Hall–Kier alpha value is -1.11. The van der Waals surface area contributed by atoms with Crippen molar-refractivity contribution in [2.75, 3.05) is 0 Å². The number of hydrogen-bond acceptors (Lipinski definition) is 4. The van der Waals surface area contributed by atoms with E-state index >= 15 is 0 Å². The lowest BCUT2D eigenvalue weighted by Crippen LogP contribution is -2.41. The lowest BCUT2D eigenvalue weighted by atomic mass is 10.2. The zero-order valence-corrected chi connectivity index (χ0v) is 12.1. The van der Waals surface area contributed by atoms with Crippen LogP contribution in [0.15, 0.2) is 0 Å². The van der Waals surface area contributed by atoms with Gasteiger partial charge in [-0.05, 0) is 12.8 Å². The van der Waals surface area contributed by atoms with E-state index in [4.69, 9.17) is 10.2 Å². The Bertz CT molecular complexity index is 368. The zero-order valence-electron chi connectivity index (χ0n) is 11.3. The Morgan fingerprint density at radius 3 is 1.42 bits per heavy atom. The van der Waals surface area contributed by atoms with Crippen LogP contribution < -0.4 is 0 Å². The van der Waals surface area contributed by atoms with Crippen molar-refractivity contribution in [2.24, 2.45) is 0 Å². The van der Waals surface area contributed by atoms with Gasteiger partial charge in [-0.3, -0.25) is 9.59 Å². The molecule has 19 heavy (non-hydrogen) atoms. The molecule has 0 aliphatic carbocycles. The molecule has 7 heteroatoms. The molecule has 0 bridgehead atoms. The fourth-order valence-corrected chi connectivity index (χ4v) is 3.78. The molecule has 0 amide bonds. The van der Waals surface area contributed by atoms with Crippen LogP contribution in [0.25, 0.3) is 0 Å². The normalized spacial score (nSPS) is 14.8. The summed E-state index contributed by atoms with van der Waals surface area (Å²) in [6.07, 6.45) is 2.12. The minimum Gasteiger partial charge on any atom is -0.480 e. The van der Waals surface area contributed by atoms with Crippen LogP contribution in [-0.4, -0.2) is 41.1 Å². The highest BCUT2D eigenvalue weighted by atomic mass is 32.2. The summed E-state index contributed by atoms with van der Waals surface area (Å²) in [5.74, 6) is -2.92. The topological polar surface area (TPSA) is 109 Å². The highest BCUT2D eigenvalue weighted by molar-refractivity contribution is 7.94. The van der Waals surface area contributed by atoms with Crippen molar-refractivity contribution in [3.05, 3.63) is 0 Å². The molecule has 2 N–H and O–H groups in total. The maximum atomic E-state index is 12.2. The van der Waals surface area contributed by atoms with Gasteiger partial charge in [0.1, 0.15) is 0 Å². The van der Waals surface area contributed by atoms with Gasteiger partial charge in [-0.1, -0.05) is 39.5 Å². The lowest BCUT2D eigenvalue weighted by Gasteiger charge is -2.18. The van der Waals surface area contributed by atoms with Crippen molar-refractivity contribution >= 4 is 21.8 Å². The SMILES string of the molecule is CCCCC(C(=O)O)S(=O)(=O)C(CCCC)C(=O)O. The monoisotopic (exact) mass is 294 g/mol. The number of sulfone groups is 1. The highest BCUT2D eigenvalue weighted by Crippen LogP contribution is 2.20. The van der Waals surface area contributed by atoms with E-state index in [-0.39, 0.29) is 12.8 Å². The Morgan fingerprint density at radius 2 is 1.21 bits per heavy atom. The van der Waals surface area contributed by atoms with Gasteiger partial charge in [-0.2, -0.15) is 0 Å².